The number of aryl methyl sites for hydroxylation is 1. The molecule has 0 spiro atoms. The standard InChI is InChI=1S/C18H20N5O4P/c19-17(20)15-5-7-16(8-6-15)23-18(24)22(12-21-23)11-14-3-1-13(2-4-14)9-10-28(25,26)27/h1-8,12H,9-11H2,(H3,19,20)(H2,25,26,27). The van der Waals surface area contributed by atoms with Crippen LogP contribution in [0.2, 0.25) is 0 Å². The van der Waals surface area contributed by atoms with E-state index in [2.05, 4.69) is 5.10 Å². The highest BCUT2D eigenvalue weighted by molar-refractivity contribution is 7.51. The second-order valence-electron chi connectivity index (χ2n) is 6.37. The van der Waals surface area contributed by atoms with Gasteiger partial charge in [-0.05, 0) is 41.8 Å². The van der Waals surface area contributed by atoms with Gasteiger partial charge in [-0.2, -0.15) is 9.78 Å². The van der Waals surface area contributed by atoms with Crippen molar-refractivity contribution in [1.29, 1.82) is 5.41 Å². The van der Waals surface area contributed by atoms with Crippen LogP contribution in [0.5, 0.6) is 0 Å². The Balaban J connectivity index is 1.73. The Bertz CT molecular complexity index is 1080. The zero-order chi connectivity index (χ0) is 20.3. The summed E-state index contributed by atoms with van der Waals surface area (Å²) in [6.45, 7) is 0.323. The van der Waals surface area contributed by atoms with Crippen LogP contribution in [0.4, 0.5) is 0 Å². The highest BCUT2D eigenvalue weighted by Gasteiger charge is 2.12. The first-order chi connectivity index (χ1) is 13.2. The molecular weight excluding hydrogens is 381 g/mol. The van der Waals surface area contributed by atoms with Crippen molar-refractivity contribution >= 4 is 13.4 Å². The van der Waals surface area contributed by atoms with Gasteiger partial charge in [-0.15, -0.1) is 0 Å². The minimum Gasteiger partial charge on any atom is -0.384 e. The Morgan fingerprint density at radius 3 is 2.25 bits per heavy atom. The lowest BCUT2D eigenvalue weighted by Gasteiger charge is -2.06. The van der Waals surface area contributed by atoms with Crippen LogP contribution >= 0.6 is 7.60 Å². The number of rotatable bonds is 7. The maximum absolute atomic E-state index is 12.6. The van der Waals surface area contributed by atoms with Gasteiger partial charge in [-0.1, -0.05) is 24.3 Å². The smallest absolute Gasteiger partial charge is 0.350 e. The van der Waals surface area contributed by atoms with Gasteiger partial charge in [-0.3, -0.25) is 14.5 Å². The summed E-state index contributed by atoms with van der Waals surface area (Å²) in [5.74, 6) is -0.0475. The predicted molar refractivity (Wildman–Crippen MR) is 105 cm³/mol. The molecular formula is C18H20N5O4P. The molecule has 9 nitrogen and oxygen atoms in total. The highest BCUT2D eigenvalue weighted by Crippen LogP contribution is 2.34. The molecule has 5 N–H and O–H groups in total. The minimum atomic E-state index is -4.01. The molecule has 3 rings (SSSR count). The normalized spacial score (nSPS) is 11.5. The van der Waals surface area contributed by atoms with E-state index in [-0.39, 0.29) is 17.7 Å². The molecule has 1 heterocycles. The van der Waals surface area contributed by atoms with Crippen molar-refractivity contribution in [3.05, 3.63) is 82.0 Å². The average Bonchev–Trinajstić information content (AvgIpc) is 3.01. The molecule has 0 bridgehead atoms. The van der Waals surface area contributed by atoms with E-state index < -0.39 is 7.60 Å². The first kappa shape index (κ1) is 19.8. The molecule has 146 valence electrons. The SMILES string of the molecule is N=C(N)c1ccc(-n2ncn(Cc3ccc(CCP(=O)(O)O)cc3)c2=O)cc1. The molecule has 0 radical (unpaired) electrons. The van der Waals surface area contributed by atoms with E-state index >= 15 is 0 Å². The number of amidine groups is 1. The van der Waals surface area contributed by atoms with Crippen molar-refractivity contribution in [1.82, 2.24) is 14.3 Å². The molecule has 0 fully saturated rings. The van der Waals surface area contributed by atoms with Crippen LogP contribution in [0.1, 0.15) is 16.7 Å². The number of aromatic nitrogens is 3. The van der Waals surface area contributed by atoms with Gasteiger partial charge < -0.3 is 15.5 Å². The number of benzene rings is 2. The molecule has 28 heavy (non-hydrogen) atoms. The molecule has 2 aromatic carbocycles. The summed E-state index contributed by atoms with van der Waals surface area (Å²) in [6, 6.07) is 13.9. The van der Waals surface area contributed by atoms with Crippen molar-refractivity contribution in [3.8, 4) is 5.69 Å². The number of nitrogen functional groups attached to an aromatic ring is 1. The number of nitrogens with zero attached hydrogens (tertiary/aromatic N) is 3. The van der Waals surface area contributed by atoms with Crippen molar-refractivity contribution in [2.45, 2.75) is 13.0 Å². The van der Waals surface area contributed by atoms with Crippen molar-refractivity contribution in [2.75, 3.05) is 6.16 Å². The first-order valence-corrected chi connectivity index (χ1v) is 10.2. The van der Waals surface area contributed by atoms with E-state index in [9.17, 15) is 9.36 Å². The van der Waals surface area contributed by atoms with E-state index in [1.165, 1.54) is 15.6 Å². The van der Waals surface area contributed by atoms with Gasteiger partial charge in [0.05, 0.1) is 18.4 Å². The second-order valence-corrected chi connectivity index (χ2v) is 8.15. The summed E-state index contributed by atoms with van der Waals surface area (Å²) < 4.78 is 13.7. The predicted octanol–water partition coefficient (Wildman–Crippen LogP) is 1.09. The summed E-state index contributed by atoms with van der Waals surface area (Å²) >= 11 is 0. The van der Waals surface area contributed by atoms with Crippen LogP contribution in [0, 0.1) is 5.41 Å². The largest absolute Gasteiger partial charge is 0.384 e. The van der Waals surface area contributed by atoms with Gasteiger partial charge >= 0.3 is 13.3 Å². The molecule has 3 aromatic rings. The van der Waals surface area contributed by atoms with Crippen molar-refractivity contribution < 1.29 is 14.4 Å². The quantitative estimate of drug-likeness (QED) is 0.265. The van der Waals surface area contributed by atoms with Crippen LogP contribution in [-0.4, -0.2) is 36.1 Å². The number of nitrogens with two attached hydrogens (primary N) is 1. The molecule has 10 heteroatoms. The van der Waals surface area contributed by atoms with Crippen LogP contribution in [0.15, 0.2) is 59.7 Å². The number of hydrogen-bond acceptors (Lipinski definition) is 4. The molecule has 0 atom stereocenters. The summed E-state index contributed by atoms with van der Waals surface area (Å²) in [4.78, 5) is 30.5. The van der Waals surface area contributed by atoms with E-state index in [4.69, 9.17) is 20.9 Å². The summed E-state index contributed by atoms with van der Waals surface area (Å²) in [6.07, 6.45) is 1.54. The molecule has 0 saturated heterocycles. The van der Waals surface area contributed by atoms with Gasteiger partial charge in [0.15, 0.2) is 0 Å². The number of hydrogen-bond donors (Lipinski definition) is 4. The van der Waals surface area contributed by atoms with Crippen molar-refractivity contribution in [3.63, 3.8) is 0 Å². The van der Waals surface area contributed by atoms with E-state index in [0.29, 0.717) is 24.2 Å². The molecule has 0 aliphatic rings. The van der Waals surface area contributed by atoms with Crippen molar-refractivity contribution in [2.24, 2.45) is 5.73 Å². The summed E-state index contributed by atoms with van der Waals surface area (Å²) in [5.41, 5.74) is 7.95. The first-order valence-electron chi connectivity index (χ1n) is 8.44. The Morgan fingerprint density at radius 1 is 1.07 bits per heavy atom. The Labute approximate surface area is 160 Å². The second kappa shape index (κ2) is 7.93. The monoisotopic (exact) mass is 401 g/mol. The average molecular weight is 401 g/mol. The Hall–Kier alpha value is -3.00. The Morgan fingerprint density at radius 2 is 1.68 bits per heavy atom. The fraction of sp³-hybridized carbons (Fsp3) is 0.167. The van der Waals surface area contributed by atoms with E-state index in [0.717, 1.165) is 11.1 Å². The maximum Gasteiger partial charge on any atom is 0.350 e. The van der Waals surface area contributed by atoms with Crippen LogP contribution in [-0.2, 0) is 17.5 Å². The lowest BCUT2D eigenvalue weighted by molar-refractivity contribution is 0.373. The van der Waals surface area contributed by atoms with Crippen LogP contribution < -0.4 is 11.4 Å². The van der Waals surface area contributed by atoms with Gasteiger partial charge in [0.1, 0.15) is 12.2 Å². The van der Waals surface area contributed by atoms with Gasteiger partial charge in [-0.25, -0.2) is 4.79 Å². The molecule has 0 unspecified atom stereocenters. The highest BCUT2D eigenvalue weighted by atomic mass is 31.2. The summed E-state index contributed by atoms with van der Waals surface area (Å²) in [7, 11) is -4.01. The topological polar surface area (TPSA) is 147 Å². The van der Waals surface area contributed by atoms with Crippen LogP contribution in [0.25, 0.3) is 5.69 Å². The summed E-state index contributed by atoms with van der Waals surface area (Å²) in [5, 5.41) is 11.5. The molecule has 0 saturated carbocycles. The fourth-order valence-electron chi connectivity index (χ4n) is 2.68. The Kier molecular flexibility index (Phi) is 5.60. The molecule has 0 aliphatic heterocycles. The van der Waals surface area contributed by atoms with E-state index in [1.807, 2.05) is 12.1 Å². The zero-order valence-electron chi connectivity index (χ0n) is 14.9. The van der Waals surface area contributed by atoms with E-state index in [1.54, 1.807) is 36.4 Å². The maximum atomic E-state index is 12.6. The number of nitrogens with one attached hydrogen (secondary N) is 1. The lowest BCUT2D eigenvalue weighted by Crippen LogP contribution is -2.24. The van der Waals surface area contributed by atoms with Gasteiger partial charge in [0.25, 0.3) is 0 Å². The van der Waals surface area contributed by atoms with Gasteiger partial charge in [0, 0.05) is 5.56 Å². The van der Waals surface area contributed by atoms with Crippen LogP contribution in [0.3, 0.4) is 0 Å². The fourth-order valence-corrected chi connectivity index (χ4v) is 3.23. The van der Waals surface area contributed by atoms with Gasteiger partial charge in [0.2, 0.25) is 0 Å². The molecule has 1 aromatic heterocycles. The lowest BCUT2D eigenvalue weighted by atomic mass is 10.1. The third-order valence-electron chi connectivity index (χ3n) is 4.22. The molecule has 0 amide bonds. The molecule has 0 aliphatic carbocycles. The minimum absolute atomic E-state index is 0.0475. The third-order valence-corrected chi connectivity index (χ3v) is 5.03. The zero-order valence-corrected chi connectivity index (χ0v) is 15.8. The third kappa shape index (κ3) is 4.83.